The molecular weight excluding hydrogens is 310 g/mol. The number of pyridine rings is 1. The lowest BCUT2D eigenvalue weighted by Gasteiger charge is -2.02. The van der Waals surface area contributed by atoms with Gasteiger partial charge in [0.15, 0.2) is 0 Å². The molecule has 0 fully saturated rings. The van der Waals surface area contributed by atoms with Crippen LogP contribution in [0.25, 0.3) is 11.0 Å². The molecule has 3 heterocycles. The molecule has 3 aromatic rings. The molecule has 3 rings (SSSR count). The van der Waals surface area contributed by atoms with Crippen LogP contribution in [0.4, 0.5) is 0 Å². The summed E-state index contributed by atoms with van der Waals surface area (Å²) in [6.45, 7) is 1.37. The van der Waals surface area contributed by atoms with Gasteiger partial charge in [-0.05, 0) is 45.1 Å². The van der Waals surface area contributed by atoms with Gasteiger partial charge in [0.25, 0.3) is 0 Å². The second-order valence-corrected chi connectivity index (χ2v) is 5.91. The molecule has 0 saturated carbocycles. The molecule has 92 valence electrons. The second-order valence-electron chi connectivity index (χ2n) is 4.05. The summed E-state index contributed by atoms with van der Waals surface area (Å²) >= 11 is 5.31. The second kappa shape index (κ2) is 4.84. The van der Waals surface area contributed by atoms with E-state index in [1.165, 1.54) is 4.88 Å². The first-order valence-electron chi connectivity index (χ1n) is 5.64. The lowest BCUT2D eigenvalue weighted by molar-refractivity contribution is 0.829. The standard InChI is InChI=1S/C13H12BrN3S/c14-11-3-5-18-12(11)8-17-7-9(6-15)10-2-1-4-16-13(10)17/h1-5,7H,6,8,15H2. The number of halogens is 1. The highest BCUT2D eigenvalue weighted by molar-refractivity contribution is 9.10. The van der Waals surface area contributed by atoms with Gasteiger partial charge in [-0.3, -0.25) is 0 Å². The van der Waals surface area contributed by atoms with Gasteiger partial charge in [0.2, 0.25) is 0 Å². The summed E-state index contributed by atoms with van der Waals surface area (Å²) in [4.78, 5) is 5.75. The Morgan fingerprint density at radius 1 is 1.39 bits per heavy atom. The van der Waals surface area contributed by atoms with E-state index in [0.717, 1.165) is 27.6 Å². The highest BCUT2D eigenvalue weighted by Crippen LogP contribution is 2.26. The number of aromatic nitrogens is 2. The van der Waals surface area contributed by atoms with E-state index in [1.807, 2.05) is 12.3 Å². The molecule has 3 aromatic heterocycles. The number of hydrogen-bond donors (Lipinski definition) is 1. The summed E-state index contributed by atoms with van der Waals surface area (Å²) in [5.41, 5.74) is 7.93. The lowest BCUT2D eigenvalue weighted by atomic mass is 10.2. The van der Waals surface area contributed by atoms with Gasteiger partial charge < -0.3 is 10.3 Å². The smallest absolute Gasteiger partial charge is 0.140 e. The van der Waals surface area contributed by atoms with E-state index in [4.69, 9.17) is 5.73 Å². The van der Waals surface area contributed by atoms with E-state index in [2.05, 4.69) is 49.2 Å². The third-order valence-electron chi connectivity index (χ3n) is 2.94. The van der Waals surface area contributed by atoms with E-state index < -0.39 is 0 Å². The van der Waals surface area contributed by atoms with Crippen molar-refractivity contribution in [2.75, 3.05) is 0 Å². The van der Waals surface area contributed by atoms with Crippen molar-refractivity contribution >= 4 is 38.3 Å². The zero-order valence-electron chi connectivity index (χ0n) is 9.64. The SMILES string of the molecule is NCc1cn(Cc2sccc2Br)c2ncccc12. The van der Waals surface area contributed by atoms with E-state index in [0.29, 0.717) is 6.54 Å². The van der Waals surface area contributed by atoms with Gasteiger partial charge in [-0.15, -0.1) is 11.3 Å². The number of nitrogens with two attached hydrogens (primary N) is 1. The largest absolute Gasteiger partial charge is 0.327 e. The monoisotopic (exact) mass is 321 g/mol. The van der Waals surface area contributed by atoms with Gasteiger partial charge in [0.05, 0.1) is 6.54 Å². The Bertz CT molecular complexity index is 686. The van der Waals surface area contributed by atoms with Crippen molar-refractivity contribution < 1.29 is 0 Å². The Labute approximate surface area is 117 Å². The fourth-order valence-corrected chi connectivity index (χ4v) is 3.55. The topological polar surface area (TPSA) is 43.8 Å². The number of hydrogen-bond acceptors (Lipinski definition) is 3. The molecule has 3 nitrogen and oxygen atoms in total. The highest BCUT2D eigenvalue weighted by Gasteiger charge is 2.10. The quantitative estimate of drug-likeness (QED) is 0.803. The van der Waals surface area contributed by atoms with Gasteiger partial charge in [-0.25, -0.2) is 4.98 Å². The first kappa shape index (κ1) is 11.9. The maximum absolute atomic E-state index is 5.78. The first-order valence-corrected chi connectivity index (χ1v) is 7.31. The van der Waals surface area contributed by atoms with Crippen LogP contribution in [0.5, 0.6) is 0 Å². The molecule has 0 spiro atoms. The molecule has 0 atom stereocenters. The normalized spacial score (nSPS) is 11.2. The van der Waals surface area contributed by atoms with Crippen LogP contribution >= 0.6 is 27.3 Å². The molecule has 0 aromatic carbocycles. The van der Waals surface area contributed by atoms with Gasteiger partial charge in [-0.2, -0.15) is 0 Å². The first-order chi connectivity index (χ1) is 8.79. The van der Waals surface area contributed by atoms with Gasteiger partial charge in [-0.1, -0.05) is 0 Å². The third kappa shape index (κ3) is 1.98. The van der Waals surface area contributed by atoms with Crippen molar-refractivity contribution in [3.63, 3.8) is 0 Å². The van der Waals surface area contributed by atoms with Crippen molar-refractivity contribution in [1.82, 2.24) is 9.55 Å². The molecule has 0 aliphatic carbocycles. The van der Waals surface area contributed by atoms with Gasteiger partial charge in [0, 0.05) is 33.7 Å². The maximum atomic E-state index is 5.78. The summed E-state index contributed by atoms with van der Waals surface area (Å²) in [6.07, 6.45) is 3.92. The Balaban J connectivity index is 2.09. The predicted octanol–water partition coefficient (Wildman–Crippen LogP) is 3.37. The molecule has 0 aliphatic rings. The zero-order chi connectivity index (χ0) is 12.5. The Morgan fingerprint density at radius 3 is 3.00 bits per heavy atom. The van der Waals surface area contributed by atoms with E-state index in [1.54, 1.807) is 11.3 Å². The van der Waals surface area contributed by atoms with E-state index in [-0.39, 0.29) is 0 Å². The average molecular weight is 322 g/mol. The Hall–Kier alpha value is -1.17. The van der Waals surface area contributed by atoms with Gasteiger partial charge >= 0.3 is 0 Å². The highest BCUT2D eigenvalue weighted by atomic mass is 79.9. The minimum atomic E-state index is 0.542. The molecule has 0 amide bonds. The Morgan fingerprint density at radius 2 is 2.28 bits per heavy atom. The Kier molecular flexibility index (Phi) is 3.20. The van der Waals surface area contributed by atoms with E-state index in [9.17, 15) is 0 Å². The molecule has 18 heavy (non-hydrogen) atoms. The maximum Gasteiger partial charge on any atom is 0.140 e. The number of nitrogens with zero attached hydrogens (tertiary/aromatic N) is 2. The van der Waals surface area contributed by atoms with Gasteiger partial charge in [0.1, 0.15) is 5.65 Å². The summed E-state index contributed by atoms with van der Waals surface area (Å²) in [5, 5.41) is 3.23. The number of rotatable bonds is 3. The molecule has 0 aliphatic heterocycles. The fraction of sp³-hybridized carbons (Fsp3) is 0.154. The van der Waals surface area contributed by atoms with Crippen LogP contribution in [0.15, 0.2) is 40.4 Å². The number of fused-ring (bicyclic) bond motifs is 1. The predicted molar refractivity (Wildman–Crippen MR) is 78.7 cm³/mol. The molecule has 0 bridgehead atoms. The molecule has 0 saturated heterocycles. The molecule has 2 N–H and O–H groups in total. The minimum Gasteiger partial charge on any atom is -0.327 e. The minimum absolute atomic E-state index is 0.542. The van der Waals surface area contributed by atoms with Crippen molar-refractivity contribution in [3.05, 3.63) is 50.9 Å². The average Bonchev–Trinajstić information content (AvgIpc) is 2.95. The zero-order valence-corrected chi connectivity index (χ0v) is 12.0. The van der Waals surface area contributed by atoms with Crippen molar-refractivity contribution in [1.29, 1.82) is 0 Å². The molecule has 0 unspecified atom stereocenters. The number of thiophene rings is 1. The van der Waals surface area contributed by atoms with Crippen molar-refractivity contribution in [2.45, 2.75) is 13.1 Å². The van der Waals surface area contributed by atoms with Crippen LogP contribution < -0.4 is 5.73 Å². The van der Waals surface area contributed by atoms with Crippen molar-refractivity contribution in [3.8, 4) is 0 Å². The third-order valence-corrected chi connectivity index (χ3v) is 4.85. The van der Waals surface area contributed by atoms with Crippen molar-refractivity contribution in [2.24, 2.45) is 5.73 Å². The summed E-state index contributed by atoms with van der Waals surface area (Å²) in [7, 11) is 0. The molecule has 0 radical (unpaired) electrons. The van der Waals surface area contributed by atoms with Crippen LogP contribution in [0.2, 0.25) is 0 Å². The van der Waals surface area contributed by atoms with Crippen LogP contribution in [0.3, 0.4) is 0 Å². The summed E-state index contributed by atoms with van der Waals surface area (Å²) < 4.78 is 3.31. The fourth-order valence-electron chi connectivity index (χ4n) is 2.07. The summed E-state index contributed by atoms with van der Waals surface area (Å²) in [5.74, 6) is 0. The molecular formula is C13H12BrN3S. The van der Waals surface area contributed by atoms with Crippen LogP contribution in [-0.2, 0) is 13.1 Å². The molecule has 5 heteroatoms. The van der Waals surface area contributed by atoms with E-state index >= 15 is 0 Å². The van der Waals surface area contributed by atoms with Crippen LogP contribution in [0.1, 0.15) is 10.4 Å². The van der Waals surface area contributed by atoms with Crippen LogP contribution in [-0.4, -0.2) is 9.55 Å². The lowest BCUT2D eigenvalue weighted by Crippen LogP contribution is -1.98. The van der Waals surface area contributed by atoms with Crippen LogP contribution in [0, 0.1) is 0 Å². The summed E-state index contributed by atoms with van der Waals surface area (Å²) in [6, 6.07) is 6.10.